The first kappa shape index (κ1) is 14.9. The number of carboxylic acid groups (broad SMARTS) is 1. The Morgan fingerprint density at radius 2 is 1.96 bits per heavy atom. The van der Waals surface area contributed by atoms with Gasteiger partial charge in [0.2, 0.25) is 0 Å². The number of fused-ring (bicyclic) bond motifs is 1. The molecule has 118 valence electrons. The SMILES string of the molecule is CN(C)c1ccc(-c2nc3ccccn3c2NCC(=O)O)cc1. The molecule has 2 heterocycles. The van der Waals surface area contributed by atoms with Crippen LogP contribution in [0.2, 0.25) is 0 Å². The smallest absolute Gasteiger partial charge is 0.322 e. The summed E-state index contributed by atoms with van der Waals surface area (Å²) in [5, 5.41) is 11.9. The lowest BCUT2D eigenvalue weighted by Crippen LogP contribution is -2.14. The molecule has 0 unspecified atom stereocenters. The normalized spacial score (nSPS) is 10.7. The molecule has 0 fully saturated rings. The monoisotopic (exact) mass is 310 g/mol. The minimum Gasteiger partial charge on any atom is -0.480 e. The van der Waals surface area contributed by atoms with Crippen molar-refractivity contribution in [2.45, 2.75) is 0 Å². The van der Waals surface area contributed by atoms with Crippen LogP contribution >= 0.6 is 0 Å². The van der Waals surface area contributed by atoms with Gasteiger partial charge in [0, 0.05) is 31.5 Å². The third-order valence-electron chi connectivity index (χ3n) is 3.59. The van der Waals surface area contributed by atoms with Gasteiger partial charge in [-0.2, -0.15) is 0 Å². The van der Waals surface area contributed by atoms with E-state index in [0.717, 1.165) is 22.6 Å². The van der Waals surface area contributed by atoms with Gasteiger partial charge in [-0.1, -0.05) is 18.2 Å². The largest absolute Gasteiger partial charge is 0.480 e. The molecule has 3 aromatic rings. The van der Waals surface area contributed by atoms with Crippen LogP contribution in [0.1, 0.15) is 0 Å². The summed E-state index contributed by atoms with van der Waals surface area (Å²) in [6, 6.07) is 13.7. The zero-order valence-electron chi connectivity index (χ0n) is 13.0. The minimum absolute atomic E-state index is 0.161. The van der Waals surface area contributed by atoms with Crippen LogP contribution < -0.4 is 10.2 Å². The molecule has 0 saturated heterocycles. The topological polar surface area (TPSA) is 69.9 Å². The average Bonchev–Trinajstić information content (AvgIpc) is 2.91. The molecule has 1 aromatic carbocycles. The molecule has 0 saturated carbocycles. The van der Waals surface area contributed by atoms with Gasteiger partial charge in [0.15, 0.2) is 0 Å². The second-order valence-corrected chi connectivity index (χ2v) is 5.43. The summed E-state index contributed by atoms with van der Waals surface area (Å²) >= 11 is 0. The Morgan fingerprint density at radius 1 is 1.22 bits per heavy atom. The van der Waals surface area contributed by atoms with Gasteiger partial charge >= 0.3 is 5.97 Å². The van der Waals surface area contributed by atoms with Gasteiger partial charge in [-0.15, -0.1) is 0 Å². The molecule has 0 spiro atoms. The van der Waals surface area contributed by atoms with E-state index in [4.69, 9.17) is 5.11 Å². The Balaban J connectivity index is 2.08. The second kappa shape index (κ2) is 6.00. The number of benzene rings is 1. The molecule has 0 bridgehead atoms. The Labute approximate surface area is 134 Å². The van der Waals surface area contributed by atoms with Crippen LogP contribution in [0.5, 0.6) is 0 Å². The van der Waals surface area contributed by atoms with Crippen LogP contribution in [0.3, 0.4) is 0 Å². The highest BCUT2D eigenvalue weighted by molar-refractivity contribution is 5.80. The van der Waals surface area contributed by atoms with Crippen LogP contribution in [0.15, 0.2) is 48.7 Å². The Kier molecular flexibility index (Phi) is 3.89. The zero-order chi connectivity index (χ0) is 16.4. The Hall–Kier alpha value is -3.02. The van der Waals surface area contributed by atoms with Gasteiger partial charge in [0.1, 0.15) is 23.7 Å². The van der Waals surface area contributed by atoms with Crippen LogP contribution in [0.4, 0.5) is 11.5 Å². The Bertz CT molecular complexity index is 837. The van der Waals surface area contributed by atoms with Crippen LogP contribution in [0, 0.1) is 0 Å². The summed E-state index contributed by atoms with van der Waals surface area (Å²) in [4.78, 5) is 17.6. The number of imidazole rings is 1. The van der Waals surface area contributed by atoms with E-state index >= 15 is 0 Å². The molecule has 2 aromatic heterocycles. The first-order valence-electron chi connectivity index (χ1n) is 7.27. The number of carbonyl (C=O) groups is 1. The lowest BCUT2D eigenvalue weighted by Gasteiger charge is -2.12. The maximum Gasteiger partial charge on any atom is 0.322 e. The van der Waals surface area contributed by atoms with E-state index < -0.39 is 5.97 Å². The van der Waals surface area contributed by atoms with E-state index in [2.05, 4.69) is 10.3 Å². The molecular weight excluding hydrogens is 292 g/mol. The summed E-state index contributed by atoms with van der Waals surface area (Å²) < 4.78 is 1.86. The van der Waals surface area contributed by atoms with Gasteiger partial charge in [-0.05, 0) is 24.3 Å². The summed E-state index contributed by atoms with van der Waals surface area (Å²) in [6.07, 6.45) is 1.87. The standard InChI is InChI=1S/C17H18N4O2/c1-20(2)13-8-6-12(7-9-13)16-17(18-11-15(22)23)21-10-4-3-5-14(21)19-16/h3-10,18H,11H2,1-2H3,(H,22,23). The van der Waals surface area contributed by atoms with Crippen LogP contribution in [-0.2, 0) is 4.79 Å². The van der Waals surface area contributed by atoms with E-state index in [-0.39, 0.29) is 6.54 Å². The third kappa shape index (κ3) is 2.96. The number of carboxylic acids is 1. The van der Waals surface area contributed by atoms with Gasteiger partial charge in [0.25, 0.3) is 0 Å². The van der Waals surface area contributed by atoms with Crippen molar-refractivity contribution in [1.29, 1.82) is 0 Å². The van der Waals surface area contributed by atoms with E-state index in [1.807, 2.05) is 72.1 Å². The molecule has 0 atom stereocenters. The van der Waals surface area contributed by atoms with Gasteiger partial charge in [0.05, 0.1) is 0 Å². The first-order valence-corrected chi connectivity index (χ1v) is 7.27. The van der Waals surface area contributed by atoms with Crippen molar-refractivity contribution >= 4 is 23.1 Å². The highest BCUT2D eigenvalue weighted by Crippen LogP contribution is 2.29. The van der Waals surface area contributed by atoms with Gasteiger partial charge in [-0.25, -0.2) is 4.98 Å². The molecule has 2 N–H and O–H groups in total. The van der Waals surface area contributed by atoms with E-state index in [0.29, 0.717) is 5.82 Å². The molecule has 0 aliphatic rings. The number of rotatable bonds is 5. The quantitative estimate of drug-likeness (QED) is 0.758. The fourth-order valence-corrected chi connectivity index (χ4v) is 2.44. The Morgan fingerprint density at radius 3 is 2.61 bits per heavy atom. The summed E-state index contributed by atoms with van der Waals surface area (Å²) in [5.74, 6) is -0.231. The zero-order valence-corrected chi connectivity index (χ0v) is 13.0. The number of pyridine rings is 1. The first-order chi connectivity index (χ1) is 11.1. The van der Waals surface area contributed by atoms with Crippen molar-refractivity contribution < 1.29 is 9.90 Å². The van der Waals surface area contributed by atoms with Crippen molar-refractivity contribution in [1.82, 2.24) is 9.38 Å². The van der Waals surface area contributed by atoms with E-state index in [1.54, 1.807) is 0 Å². The molecule has 23 heavy (non-hydrogen) atoms. The molecule has 0 aliphatic heterocycles. The fourth-order valence-electron chi connectivity index (χ4n) is 2.44. The van der Waals surface area contributed by atoms with Crippen molar-refractivity contribution in [2.24, 2.45) is 0 Å². The second-order valence-electron chi connectivity index (χ2n) is 5.43. The highest BCUT2D eigenvalue weighted by atomic mass is 16.4. The van der Waals surface area contributed by atoms with Crippen LogP contribution in [-0.4, -0.2) is 41.1 Å². The molecule has 6 heteroatoms. The molecule has 3 rings (SSSR count). The number of aromatic nitrogens is 2. The van der Waals surface area contributed by atoms with Crippen LogP contribution in [0.25, 0.3) is 16.9 Å². The molecule has 6 nitrogen and oxygen atoms in total. The van der Waals surface area contributed by atoms with Gasteiger partial charge in [-0.3, -0.25) is 9.20 Å². The lowest BCUT2D eigenvalue weighted by atomic mass is 10.1. The molecule has 0 aliphatic carbocycles. The molecular formula is C17H18N4O2. The van der Waals surface area contributed by atoms with E-state index in [1.165, 1.54) is 0 Å². The molecule has 0 amide bonds. The van der Waals surface area contributed by atoms with E-state index in [9.17, 15) is 4.79 Å². The third-order valence-corrected chi connectivity index (χ3v) is 3.59. The maximum atomic E-state index is 10.9. The van der Waals surface area contributed by atoms with Crippen molar-refractivity contribution in [3.05, 3.63) is 48.7 Å². The number of aliphatic carboxylic acids is 1. The van der Waals surface area contributed by atoms with Gasteiger partial charge < -0.3 is 15.3 Å². The average molecular weight is 310 g/mol. The maximum absolute atomic E-state index is 10.9. The summed E-state index contributed by atoms with van der Waals surface area (Å²) in [7, 11) is 3.97. The number of nitrogens with zero attached hydrogens (tertiary/aromatic N) is 3. The number of nitrogens with one attached hydrogen (secondary N) is 1. The predicted molar refractivity (Wildman–Crippen MR) is 91.1 cm³/mol. The number of hydrogen-bond acceptors (Lipinski definition) is 4. The fraction of sp³-hybridized carbons (Fsp3) is 0.176. The van der Waals surface area contributed by atoms with Crippen molar-refractivity contribution in [3.8, 4) is 11.3 Å². The summed E-state index contributed by atoms with van der Waals surface area (Å²) in [5.41, 5.74) is 3.54. The van der Waals surface area contributed by atoms with Crippen molar-refractivity contribution in [3.63, 3.8) is 0 Å². The molecule has 0 radical (unpaired) electrons. The highest BCUT2D eigenvalue weighted by Gasteiger charge is 2.14. The lowest BCUT2D eigenvalue weighted by molar-refractivity contribution is -0.134. The minimum atomic E-state index is -0.912. The number of anilines is 2. The predicted octanol–water partition coefficient (Wildman–Crippen LogP) is 2.56. The number of hydrogen-bond donors (Lipinski definition) is 2. The summed E-state index contributed by atoms with van der Waals surface area (Å²) in [6.45, 7) is -0.161. The van der Waals surface area contributed by atoms with Crippen molar-refractivity contribution in [2.75, 3.05) is 30.9 Å².